The van der Waals surface area contributed by atoms with E-state index >= 15 is 0 Å². The van der Waals surface area contributed by atoms with Gasteiger partial charge in [0.05, 0.1) is 7.11 Å². The van der Waals surface area contributed by atoms with Gasteiger partial charge in [-0.05, 0) is 62.7 Å². The number of carbonyl (C=O) groups is 1. The predicted octanol–water partition coefficient (Wildman–Crippen LogP) is 4.89. The smallest absolute Gasteiger partial charge is 0.227 e. The third-order valence-electron chi connectivity index (χ3n) is 5.65. The van der Waals surface area contributed by atoms with Crippen molar-refractivity contribution in [3.63, 3.8) is 0 Å². The highest BCUT2D eigenvalue weighted by molar-refractivity contribution is 7.14. The molecule has 0 radical (unpaired) electrons. The lowest BCUT2D eigenvalue weighted by atomic mass is 9.95. The van der Waals surface area contributed by atoms with Crippen molar-refractivity contribution in [2.24, 2.45) is 5.92 Å². The van der Waals surface area contributed by atoms with Crippen molar-refractivity contribution >= 4 is 29.0 Å². The van der Waals surface area contributed by atoms with E-state index in [1.807, 2.05) is 55.5 Å². The Bertz CT molecular complexity index is 1070. The summed E-state index contributed by atoms with van der Waals surface area (Å²) in [7, 11) is 1.67. The van der Waals surface area contributed by atoms with Gasteiger partial charge in [-0.3, -0.25) is 9.69 Å². The third kappa shape index (κ3) is 5.81. The first-order valence-electron chi connectivity index (χ1n) is 10.8. The average molecular weight is 449 g/mol. The maximum absolute atomic E-state index is 12.8. The number of likely N-dealkylation sites (tertiary alicyclic amines) is 1. The SMILES string of the molecule is COc1ccc(C=CCN2CCC(C(=O)Nc3cccc(-c4nnc(C)s4)c3)CC2)cc1. The van der Waals surface area contributed by atoms with Crippen LogP contribution < -0.4 is 10.1 Å². The predicted molar refractivity (Wildman–Crippen MR) is 130 cm³/mol. The number of anilines is 1. The van der Waals surface area contributed by atoms with E-state index in [4.69, 9.17) is 4.74 Å². The number of ether oxygens (including phenoxy) is 1. The molecule has 0 unspecified atom stereocenters. The normalized spacial score (nSPS) is 15.2. The van der Waals surface area contributed by atoms with Crippen LogP contribution in [-0.4, -0.2) is 47.7 Å². The highest BCUT2D eigenvalue weighted by atomic mass is 32.1. The largest absolute Gasteiger partial charge is 0.497 e. The van der Waals surface area contributed by atoms with Crippen molar-refractivity contribution in [3.05, 3.63) is 65.2 Å². The Labute approximate surface area is 192 Å². The van der Waals surface area contributed by atoms with Crippen LogP contribution in [0.2, 0.25) is 0 Å². The monoisotopic (exact) mass is 448 g/mol. The van der Waals surface area contributed by atoms with Crippen LogP contribution in [0.1, 0.15) is 23.4 Å². The molecule has 1 N–H and O–H groups in total. The van der Waals surface area contributed by atoms with Gasteiger partial charge in [0.25, 0.3) is 0 Å². The molecule has 166 valence electrons. The van der Waals surface area contributed by atoms with E-state index < -0.39 is 0 Å². The summed E-state index contributed by atoms with van der Waals surface area (Å²) in [5.74, 6) is 1.01. The molecule has 0 bridgehead atoms. The van der Waals surface area contributed by atoms with E-state index in [0.717, 1.165) is 65.1 Å². The first-order chi connectivity index (χ1) is 15.6. The molecule has 1 fully saturated rings. The van der Waals surface area contributed by atoms with E-state index in [1.165, 1.54) is 0 Å². The number of aryl methyl sites for hydroxylation is 1. The van der Waals surface area contributed by atoms with Crippen LogP contribution in [0.5, 0.6) is 5.75 Å². The van der Waals surface area contributed by atoms with Crippen LogP contribution in [-0.2, 0) is 4.79 Å². The summed E-state index contributed by atoms with van der Waals surface area (Å²) < 4.78 is 5.19. The van der Waals surface area contributed by atoms with Crippen LogP contribution in [0.25, 0.3) is 16.6 Å². The molecule has 3 aromatic rings. The van der Waals surface area contributed by atoms with Crippen molar-refractivity contribution in [1.82, 2.24) is 15.1 Å². The topological polar surface area (TPSA) is 67.3 Å². The molecule has 2 aromatic carbocycles. The molecule has 7 heteroatoms. The number of methoxy groups -OCH3 is 1. The third-order valence-corrected chi connectivity index (χ3v) is 6.54. The van der Waals surface area contributed by atoms with Crippen LogP contribution >= 0.6 is 11.3 Å². The number of nitrogens with zero attached hydrogens (tertiary/aromatic N) is 3. The number of amides is 1. The van der Waals surface area contributed by atoms with Gasteiger partial charge in [0.2, 0.25) is 5.91 Å². The number of aromatic nitrogens is 2. The number of hydrogen-bond acceptors (Lipinski definition) is 6. The summed E-state index contributed by atoms with van der Waals surface area (Å²) in [6.45, 7) is 4.68. The fourth-order valence-electron chi connectivity index (χ4n) is 3.82. The van der Waals surface area contributed by atoms with Gasteiger partial charge in [0.1, 0.15) is 15.8 Å². The number of nitrogens with one attached hydrogen (secondary N) is 1. The Morgan fingerprint density at radius 3 is 2.66 bits per heavy atom. The molecule has 1 amide bonds. The zero-order valence-electron chi connectivity index (χ0n) is 18.5. The molecule has 0 spiro atoms. The van der Waals surface area contributed by atoms with Crippen LogP contribution in [0.15, 0.2) is 54.6 Å². The molecular weight excluding hydrogens is 420 g/mol. The van der Waals surface area contributed by atoms with Crippen LogP contribution in [0.3, 0.4) is 0 Å². The lowest BCUT2D eigenvalue weighted by molar-refractivity contribution is -0.121. The quantitative estimate of drug-likeness (QED) is 0.558. The second-order valence-electron chi connectivity index (χ2n) is 7.95. The summed E-state index contributed by atoms with van der Waals surface area (Å²) in [6, 6.07) is 15.9. The maximum atomic E-state index is 12.8. The van der Waals surface area contributed by atoms with Gasteiger partial charge in [-0.1, -0.05) is 47.8 Å². The van der Waals surface area contributed by atoms with Crippen molar-refractivity contribution in [2.75, 3.05) is 32.1 Å². The number of rotatable bonds is 7. The zero-order chi connectivity index (χ0) is 22.3. The second-order valence-corrected chi connectivity index (χ2v) is 9.13. The first-order valence-corrected chi connectivity index (χ1v) is 11.7. The Morgan fingerprint density at radius 1 is 1.19 bits per heavy atom. The van der Waals surface area contributed by atoms with Gasteiger partial charge in [0.15, 0.2) is 0 Å². The number of piperidine rings is 1. The summed E-state index contributed by atoms with van der Waals surface area (Å²) >= 11 is 1.55. The number of benzene rings is 2. The molecule has 0 atom stereocenters. The standard InChI is InChI=1S/C25H28N4O2S/c1-18-27-28-25(32-18)21-6-3-7-22(17-21)26-24(30)20-12-15-29(16-13-20)14-4-5-19-8-10-23(31-2)11-9-19/h3-11,17,20H,12-16H2,1-2H3,(H,26,30). The summed E-state index contributed by atoms with van der Waals surface area (Å²) in [4.78, 5) is 15.2. The summed E-state index contributed by atoms with van der Waals surface area (Å²) in [5.41, 5.74) is 2.95. The van der Waals surface area contributed by atoms with Crippen molar-refractivity contribution in [1.29, 1.82) is 0 Å². The molecule has 0 aliphatic carbocycles. The highest BCUT2D eigenvalue weighted by Gasteiger charge is 2.24. The summed E-state index contributed by atoms with van der Waals surface area (Å²) in [6.07, 6.45) is 6.06. The van der Waals surface area contributed by atoms with Gasteiger partial charge < -0.3 is 10.1 Å². The lowest BCUT2D eigenvalue weighted by Crippen LogP contribution is -2.38. The highest BCUT2D eigenvalue weighted by Crippen LogP contribution is 2.26. The fraction of sp³-hybridized carbons (Fsp3) is 0.320. The van der Waals surface area contributed by atoms with Gasteiger partial charge in [-0.15, -0.1) is 10.2 Å². The molecule has 1 aromatic heterocycles. The van der Waals surface area contributed by atoms with Crippen molar-refractivity contribution in [3.8, 4) is 16.3 Å². The second kappa shape index (κ2) is 10.5. The van der Waals surface area contributed by atoms with Gasteiger partial charge in [0, 0.05) is 23.7 Å². The Balaban J connectivity index is 1.25. The molecule has 4 rings (SSSR count). The van der Waals surface area contributed by atoms with E-state index in [1.54, 1.807) is 18.4 Å². The minimum atomic E-state index is 0.0456. The van der Waals surface area contributed by atoms with Crippen molar-refractivity contribution < 1.29 is 9.53 Å². The van der Waals surface area contributed by atoms with Crippen molar-refractivity contribution in [2.45, 2.75) is 19.8 Å². The number of hydrogen-bond donors (Lipinski definition) is 1. The molecule has 6 nitrogen and oxygen atoms in total. The Kier molecular flexibility index (Phi) is 7.29. The Hall–Kier alpha value is -3.03. The van der Waals surface area contributed by atoms with E-state index in [-0.39, 0.29) is 11.8 Å². The maximum Gasteiger partial charge on any atom is 0.227 e. The van der Waals surface area contributed by atoms with E-state index in [0.29, 0.717) is 0 Å². The minimum Gasteiger partial charge on any atom is -0.497 e. The molecule has 1 aliphatic rings. The molecule has 1 aliphatic heterocycles. The van der Waals surface area contributed by atoms with Crippen LogP contribution in [0.4, 0.5) is 5.69 Å². The summed E-state index contributed by atoms with van der Waals surface area (Å²) in [5, 5.41) is 13.2. The molecular formula is C25H28N4O2S. The fourth-order valence-corrected chi connectivity index (χ4v) is 4.51. The van der Waals surface area contributed by atoms with Gasteiger partial charge in [-0.25, -0.2) is 0 Å². The molecule has 32 heavy (non-hydrogen) atoms. The molecule has 2 heterocycles. The first kappa shape index (κ1) is 22.2. The van der Waals surface area contributed by atoms with Gasteiger partial charge >= 0.3 is 0 Å². The van der Waals surface area contributed by atoms with E-state index in [9.17, 15) is 4.79 Å². The average Bonchev–Trinajstić information content (AvgIpc) is 3.26. The molecule has 0 saturated carbocycles. The van der Waals surface area contributed by atoms with Crippen LogP contribution in [0, 0.1) is 12.8 Å². The minimum absolute atomic E-state index is 0.0456. The van der Waals surface area contributed by atoms with Gasteiger partial charge in [-0.2, -0.15) is 0 Å². The lowest BCUT2D eigenvalue weighted by Gasteiger charge is -2.30. The Morgan fingerprint density at radius 2 is 1.97 bits per heavy atom. The zero-order valence-corrected chi connectivity index (χ0v) is 19.3. The van der Waals surface area contributed by atoms with E-state index in [2.05, 4.69) is 32.6 Å². The molecule has 1 saturated heterocycles. The number of carbonyl (C=O) groups excluding carboxylic acids is 1.